The second-order valence-corrected chi connectivity index (χ2v) is 11.7. The van der Waals surface area contributed by atoms with Crippen molar-refractivity contribution in [1.29, 1.82) is 0 Å². The van der Waals surface area contributed by atoms with Gasteiger partial charge < -0.3 is 14.4 Å². The number of methoxy groups -OCH3 is 1. The second-order valence-electron chi connectivity index (χ2n) is 10.6. The van der Waals surface area contributed by atoms with E-state index >= 15 is 4.39 Å². The number of piperidine rings is 1. The number of halogens is 4. The first-order valence-electron chi connectivity index (χ1n) is 12.6. The molecular weight excluding hydrogens is 556 g/mol. The van der Waals surface area contributed by atoms with E-state index in [2.05, 4.69) is 35.7 Å². The van der Waals surface area contributed by atoms with Crippen molar-refractivity contribution in [3.8, 4) is 6.01 Å². The molecule has 0 aromatic carbocycles. The Morgan fingerprint density at radius 3 is 2.94 bits per heavy atom. The van der Waals surface area contributed by atoms with Crippen molar-refractivity contribution in [3.05, 3.63) is 27.9 Å². The first kappa shape index (κ1) is 24.6. The molecule has 36 heavy (non-hydrogen) atoms. The smallest absolute Gasteiger partial charge is 0.319 e. The highest BCUT2D eigenvalue weighted by Gasteiger charge is 2.49. The maximum Gasteiger partial charge on any atom is 0.319 e. The van der Waals surface area contributed by atoms with Gasteiger partial charge in [0.1, 0.15) is 28.7 Å². The maximum absolute atomic E-state index is 15.3. The molecule has 4 aliphatic rings. The number of rotatable bonds is 6. The summed E-state index contributed by atoms with van der Waals surface area (Å²) in [5.41, 5.74) is -0.300. The van der Waals surface area contributed by atoms with Gasteiger partial charge in [-0.2, -0.15) is 9.97 Å². The molecule has 2 bridgehead atoms. The monoisotopic (exact) mass is 583 g/mol. The van der Waals surface area contributed by atoms with Crippen molar-refractivity contribution in [1.82, 2.24) is 19.9 Å². The van der Waals surface area contributed by atoms with E-state index in [9.17, 15) is 4.39 Å². The average Bonchev–Trinajstić information content (AvgIpc) is 3.52. The van der Waals surface area contributed by atoms with Crippen LogP contribution in [0.25, 0.3) is 10.9 Å². The number of alkyl halides is 1. The van der Waals surface area contributed by atoms with Crippen molar-refractivity contribution >= 4 is 44.3 Å². The number of hydrogen-bond donors (Lipinski definition) is 0. The van der Waals surface area contributed by atoms with Crippen LogP contribution in [-0.2, 0) is 4.74 Å². The van der Waals surface area contributed by atoms with Gasteiger partial charge in [-0.05, 0) is 72.5 Å². The van der Waals surface area contributed by atoms with Crippen LogP contribution in [0.2, 0.25) is 5.15 Å². The lowest BCUT2D eigenvalue weighted by Gasteiger charge is -2.40. The van der Waals surface area contributed by atoms with Crippen LogP contribution < -0.4 is 9.64 Å². The highest BCUT2D eigenvalue weighted by Crippen LogP contribution is 2.46. The molecule has 0 unspecified atom stereocenters. The molecule has 0 spiro atoms. The molecule has 11 heteroatoms. The van der Waals surface area contributed by atoms with Crippen LogP contribution in [0.1, 0.15) is 38.5 Å². The van der Waals surface area contributed by atoms with Crippen LogP contribution in [0.4, 0.5) is 14.6 Å². The van der Waals surface area contributed by atoms with Crippen molar-refractivity contribution < 1.29 is 18.3 Å². The van der Waals surface area contributed by atoms with Gasteiger partial charge in [0.15, 0.2) is 11.0 Å². The van der Waals surface area contributed by atoms with Gasteiger partial charge in [-0.15, -0.1) is 0 Å². The lowest BCUT2D eigenvalue weighted by Crippen LogP contribution is -2.45. The van der Waals surface area contributed by atoms with Crippen molar-refractivity contribution in [2.45, 2.75) is 56.3 Å². The molecule has 194 valence electrons. The van der Waals surface area contributed by atoms with Crippen LogP contribution in [-0.4, -0.2) is 71.0 Å². The first-order valence-corrected chi connectivity index (χ1v) is 13.8. The van der Waals surface area contributed by atoms with Crippen LogP contribution in [0.3, 0.4) is 0 Å². The summed E-state index contributed by atoms with van der Waals surface area (Å²) >= 11 is 9.58. The Balaban J connectivity index is 1.43. The number of pyridine rings is 1. The number of nitrogens with zero attached hydrogens (tertiary/aromatic N) is 5. The van der Waals surface area contributed by atoms with Crippen molar-refractivity contribution in [2.24, 2.45) is 11.8 Å². The van der Waals surface area contributed by atoms with Gasteiger partial charge in [0.2, 0.25) is 0 Å². The van der Waals surface area contributed by atoms with E-state index in [0.29, 0.717) is 40.6 Å². The number of anilines is 1. The lowest BCUT2D eigenvalue weighted by atomic mass is 9.90. The molecular formula is C25H29BrClF2N5O2. The van der Waals surface area contributed by atoms with Gasteiger partial charge in [0.05, 0.1) is 30.3 Å². The third-order valence-corrected chi connectivity index (χ3v) is 9.28. The van der Waals surface area contributed by atoms with Gasteiger partial charge in [-0.1, -0.05) is 11.6 Å². The third kappa shape index (κ3) is 4.13. The first-order chi connectivity index (χ1) is 17.4. The summed E-state index contributed by atoms with van der Waals surface area (Å²) in [6.45, 7) is 2.33. The minimum absolute atomic E-state index is 0.0336. The zero-order valence-corrected chi connectivity index (χ0v) is 22.4. The summed E-state index contributed by atoms with van der Waals surface area (Å²) in [5.74, 6) is 0.825. The fourth-order valence-electron chi connectivity index (χ4n) is 6.88. The van der Waals surface area contributed by atoms with Gasteiger partial charge in [0.25, 0.3) is 0 Å². The van der Waals surface area contributed by atoms with Crippen LogP contribution in [0.5, 0.6) is 6.01 Å². The fraction of sp³-hybridized carbons (Fsp3) is 0.640. The van der Waals surface area contributed by atoms with Crippen molar-refractivity contribution in [2.75, 3.05) is 38.3 Å². The van der Waals surface area contributed by atoms with Gasteiger partial charge in [-0.25, -0.2) is 13.8 Å². The molecule has 4 fully saturated rings. The normalized spacial score (nSPS) is 32.1. The number of ether oxygens (including phenoxy) is 2. The highest BCUT2D eigenvalue weighted by atomic mass is 79.9. The third-order valence-electron chi connectivity index (χ3n) is 8.46. The predicted octanol–water partition coefficient (Wildman–Crippen LogP) is 5.30. The van der Waals surface area contributed by atoms with Gasteiger partial charge in [-0.3, -0.25) is 4.90 Å². The minimum atomic E-state index is -0.864. The van der Waals surface area contributed by atoms with E-state index < -0.39 is 12.0 Å². The molecule has 7 nitrogen and oxygen atoms in total. The maximum atomic E-state index is 15.3. The van der Waals surface area contributed by atoms with Crippen LogP contribution >= 0.6 is 27.5 Å². The quantitative estimate of drug-likeness (QED) is 0.337. The molecule has 5 heterocycles. The molecule has 3 saturated heterocycles. The Hall–Kier alpha value is -1.78. The van der Waals surface area contributed by atoms with E-state index in [1.807, 2.05) is 6.08 Å². The Morgan fingerprint density at radius 1 is 1.25 bits per heavy atom. The second kappa shape index (κ2) is 9.51. The SMILES string of the molecule is COC=C[C@H]1[C@@H]2CC[C@@H](C2)CN1c1nc(OC[C@@]23CCCN2C[C@H](F)C3)nc2c(F)c(Cl)nc(Br)c12. The van der Waals surface area contributed by atoms with E-state index in [0.717, 1.165) is 45.2 Å². The summed E-state index contributed by atoms with van der Waals surface area (Å²) < 4.78 is 41.4. The molecule has 1 aliphatic carbocycles. The Labute approximate surface area is 222 Å². The van der Waals surface area contributed by atoms with Crippen LogP contribution in [0, 0.1) is 17.7 Å². The number of fused-ring (bicyclic) bond motifs is 4. The van der Waals surface area contributed by atoms with Gasteiger partial charge in [0, 0.05) is 19.5 Å². The summed E-state index contributed by atoms with van der Waals surface area (Å²) in [6, 6.07) is 0.104. The number of hydrogen-bond acceptors (Lipinski definition) is 7. The molecule has 6 rings (SSSR count). The minimum Gasteiger partial charge on any atom is -0.505 e. The molecule has 0 amide bonds. The topological polar surface area (TPSA) is 63.6 Å². The Kier molecular flexibility index (Phi) is 6.49. The van der Waals surface area contributed by atoms with E-state index in [-0.39, 0.29) is 34.9 Å². The average molecular weight is 585 g/mol. The summed E-state index contributed by atoms with van der Waals surface area (Å²) in [6.07, 6.45) is 8.59. The standard InChI is InChI=1S/C25H29BrClF2N5O2/c1-35-8-5-17-15-4-3-14(9-15)11-34(17)23-18-20(19(29)22(27)31-21(18)26)30-24(32-23)36-13-25-6-2-7-33(25)12-16(28)10-25/h5,8,14-17H,2-4,6-7,9-13H2,1H3/t14-,15+,16+,17-,25-/m0/s1. The molecule has 3 aliphatic heterocycles. The largest absolute Gasteiger partial charge is 0.505 e. The summed E-state index contributed by atoms with van der Waals surface area (Å²) in [7, 11) is 1.63. The van der Waals surface area contributed by atoms with Crippen molar-refractivity contribution in [3.63, 3.8) is 0 Å². The van der Waals surface area contributed by atoms with E-state index in [1.165, 1.54) is 0 Å². The molecule has 1 saturated carbocycles. The highest BCUT2D eigenvalue weighted by molar-refractivity contribution is 9.10. The molecule has 5 atom stereocenters. The summed E-state index contributed by atoms with van der Waals surface area (Å²) in [5, 5.41) is 0.197. The molecule has 2 aromatic rings. The van der Waals surface area contributed by atoms with E-state index in [1.54, 1.807) is 13.4 Å². The number of aromatic nitrogens is 3. The Bertz CT molecular complexity index is 1200. The lowest BCUT2D eigenvalue weighted by molar-refractivity contribution is 0.107. The van der Waals surface area contributed by atoms with E-state index in [4.69, 9.17) is 26.1 Å². The molecule has 2 aromatic heterocycles. The summed E-state index contributed by atoms with van der Waals surface area (Å²) in [4.78, 5) is 17.8. The zero-order chi connectivity index (χ0) is 25.0. The molecule has 0 N–H and O–H groups in total. The predicted molar refractivity (Wildman–Crippen MR) is 137 cm³/mol. The van der Waals surface area contributed by atoms with Crippen LogP contribution in [0.15, 0.2) is 16.9 Å². The fourth-order valence-corrected chi connectivity index (χ4v) is 7.70. The van der Waals surface area contributed by atoms with Gasteiger partial charge >= 0.3 is 6.01 Å². The Morgan fingerprint density at radius 2 is 2.11 bits per heavy atom. The molecule has 0 radical (unpaired) electrons. The zero-order valence-electron chi connectivity index (χ0n) is 20.1.